The van der Waals surface area contributed by atoms with Crippen LogP contribution < -0.4 is 15.7 Å². The molecule has 3 aromatic carbocycles. The Balaban J connectivity index is 1.60. The zero-order chi connectivity index (χ0) is 24.3. The van der Waals surface area contributed by atoms with Gasteiger partial charge in [-0.3, -0.25) is 0 Å². The lowest BCUT2D eigenvalue weighted by Gasteiger charge is -2.44. The van der Waals surface area contributed by atoms with Crippen LogP contribution in [0.2, 0.25) is 5.04 Å². The summed E-state index contributed by atoms with van der Waals surface area (Å²) in [4.78, 5) is 9.58. The summed E-state index contributed by atoms with van der Waals surface area (Å²) >= 11 is 0. The van der Waals surface area contributed by atoms with Gasteiger partial charge in [0.1, 0.15) is 11.8 Å². The maximum Gasteiger partial charge on any atom is 0.262 e. The normalized spacial score (nSPS) is 15.8. The molecular formula is C29H32N4OSi. The van der Waals surface area contributed by atoms with Gasteiger partial charge in [0.15, 0.2) is 5.82 Å². The third-order valence-corrected chi connectivity index (χ3v) is 11.7. The molecule has 0 unspecified atom stereocenters. The van der Waals surface area contributed by atoms with E-state index in [1.807, 2.05) is 12.4 Å². The summed E-state index contributed by atoms with van der Waals surface area (Å²) in [5.41, 5.74) is 2.10. The second-order valence-electron chi connectivity index (χ2n) is 10.0. The van der Waals surface area contributed by atoms with E-state index in [2.05, 4.69) is 116 Å². The number of hydrogen-bond donors (Lipinski definition) is 1. The molecular weight excluding hydrogens is 448 g/mol. The van der Waals surface area contributed by atoms with Crippen LogP contribution in [0.4, 0.5) is 5.82 Å². The fraction of sp³-hybridized carbons (Fsp3) is 0.241. The van der Waals surface area contributed by atoms with Crippen LogP contribution in [-0.2, 0) is 11.0 Å². The molecule has 35 heavy (non-hydrogen) atoms. The van der Waals surface area contributed by atoms with Crippen LogP contribution in [0, 0.1) is 0 Å². The molecule has 5 rings (SSSR count). The number of benzene rings is 3. The number of nitrogens with zero attached hydrogens (tertiary/aromatic N) is 3. The molecule has 0 fully saturated rings. The van der Waals surface area contributed by atoms with Crippen LogP contribution in [-0.4, -0.2) is 30.8 Å². The monoisotopic (exact) mass is 480 g/mol. The number of fused-ring (bicyclic) bond motifs is 1. The van der Waals surface area contributed by atoms with Crippen LogP contribution in [0.5, 0.6) is 0 Å². The summed E-state index contributed by atoms with van der Waals surface area (Å²) in [5.74, 6) is 0.849. The zero-order valence-electron chi connectivity index (χ0n) is 20.6. The Kier molecular flexibility index (Phi) is 6.41. The molecule has 4 aromatic rings. The van der Waals surface area contributed by atoms with Gasteiger partial charge >= 0.3 is 0 Å². The maximum atomic E-state index is 7.41. The van der Waals surface area contributed by atoms with Gasteiger partial charge < -0.3 is 14.3 Å². The predicted octanol–water partition coefficient (Wildman–Crippen LogP) is 4.81. The van der Waals surface area contributed by atoms with Gasteiger partial charge in [-0.1, -0.05) is 112 Å². The Morgan fingerprint density at radius 3 is 2.03 bits per heavy atom. The van der Waals surface area contributed by atoms with Crippen molar-refractivity contribution in [2.24, 2.45) is 4.99 Å². The van der Waals surface area contributed by atoms with Gasteiger partial charge in [-0.25, -0.2) is 9.98 Å². The van der Waals surface area contributed by atoms with E-state index in [1.165, 1.54) is 15.9 Å². The van der Waals surface area contributed by atoms with Gasteiger partial charge in [-0.2, -0.15) is 0 Å². The van der Waals surface area contributed by atoms with E-state index >= 15 is 0 Å². The molecule has 0 saturated carbocycles. The van der Waals surface area contributed by atoms with Crippen molar-refractivity contribution in [1.29, 1.82) is 0 Å². The molecule has 0 amide bonds. The van der Waals surface area contributed by atoms with E-state index in [0.29, 0.717) is 13.1 Å². The topological polar surface area (TPSA) is 51.4 Å². The molecule has 1 N–H and O–H groups in total. The van der Waals surface area contributed by atoms with Crippen molar-refractivity contribution in [3.63, 3.8) is 0 Å². The molecule has 0 aliphatic carbocycles. The largest absolute Gasteiger partial charge is 0.397 e. The van der Waals surface area contributed by atoms with Crippen molar-refractivity contribution < 1.29 is 4.43 Å². The first-order valence-electron chi connectivity index (χ1n) is 12.1. The fourth-order valence-corrected chi connectivity index (χ4v) is 9.66. The molecule has 0 saturated heterocycles. The Labute approximate surface area is 208 Å². The van der Waals surface area contributed by atoms with E-state index in [4.69, 9.17) is 14.4 Å². The molecule has 1 aliphatic heterocycles. The van der Waals surface area contributed by atoms with Gasteiger partial charge in [-0.15, -0.1) is 0 Å². The van der Waals surface area contributed by atoms with E-state index in [9.17, 15) is 0 Å². The van der Waals surface area contributed by atoms with Crippen LogP contribution in [0.1, 0.15) is 38.1 Å². The van der Waals surface area contributed by atoms with Gasteiger partial charge in [0.25, 0.3) is 8.32 Å². The highest BCUT2D eigenvalue weighted by molar-refractivity contribution is 6.99. The van der Waals surface area contributed by atoms with Crippen LogP contribution in [0.25, 0.3) is 0 Å². The molecule has 178 valence electrons. The van der Waals surface area contributed by atoms with Gasteiger partial charge in [0, 0.05) is 6.54 Å². The van der Waals surface area contributed by atoms with Gasteiger partial charge in [-0.05, 0) is 21.0 Å². The van der Waals surface area contributed by atoms with Crippen molar-refractivity contribution in [3.05, 3.63) is 109 Å². The van der Waals surface area contributed by atoms with Crippen LogP contribution >= 0.6 is 0 Å². The SMILES string of the molecule is CC(C)(C)[Si](O[C@@H]1CNC=Nc2c1ncn2Cc1ccccc1)(c1ccccc1)c1ccccc1. The summed E-state index contributed by atoms with van der Waals surface area (Å²) in [6, 6.07) is 31.9. The molecule has 6 heteroatoms. The van der Waals surface area contributed by atoms with Gasteiger partial charge in [0.05, 0.1) is 19.2 Å². The Morgan fingerprint density at radius 1 is 0.886 bits per heavy atom. The van der Waals surface area contributed by atoms with Crippen LogP contribution in [0.3, 0.4) is 0 Å². The minimum absolute atomic E-state index is 0.115. The minimum Gasteiger partial charge on any atom is -0.397 e. The van der Waals surface area contributed by atoms with Crippen molar-refractivity contribution in [2.45, 2.75) is 38.5 Å². The smallest absolute Gasteiger partial charge is 0.262 e. The first-order valence-corrected chi connectivity index (χ1v) is 14.0. The highest BCUT2D eigenvalue weighted by atomic mass is 28.4. The molecule has 1 aromatic heterocycles. The molecule has 0 radical (unpaired) electrons. The van der Waals surface area contributed by atoms with E-state index in [-0.39, 0.29) is 11.1 Å². The number of imidazole rings is 1. The van der Waals surface area contributed by atoms with Crippen molar-refractivity contribution >= 4 is 30.8 Å². The Morgan fingerprint density at radius 2 is 1.46 bits per heavy atom. The predicted molar refractivity (Wildman–Crippen MR) is 145 cm³/mol. The van der Waals surface area contributed by atoms with E-state index < -0.39 is 8.32 Å². The average molecular weight is 481 g/mol. The first kappa shape index (κ1) is 23.3. The fourth-order valence-electron chi connectivity index (χ4n) is 5.02. The summed E-state index contributed by atoms with van der Waals surface area (Å²) in [7, 11) is -2.74. The van der Waals surface area contributed by atoms with Crippen molar-refractivity contribution in [2.75, 3.05) is 6.54 Å². The third-order valence-electron chi connectivity index (χ3n) is 6.66. The van der Waals surface area contributed by atoms with E-state index in [0.717, 1.165) is 11.5 Å². The summed E-state index contributed by atoms with van der Waals surface area (Å²) in [5, 5.41) is 5.75. The number of aliphatic imine (C=N–C) groups is 1. The summed E-state index contributed by atoms with van der Waals surface area (Å²) in [6.07, 6.45) is 3.43. The molecule has 1 atom stereocenters. The number of aromatic nitrogens is 2. The molecule has 1 aliphatic rings. The van der Waals surface area contributed by atoms with Crippen molar-refractivity contribution in [3.8, 4) is 0 Å². The minimum atomic E-state index is -2.74. The standard InChI is InChI=1S/C29H32N4OSi/c1-29(2,3)35(24-15-9-5-10-16-24,25-17-11-6-12-18-25)34-26-19-30-21-31-28-27(26)32-22-33(28)20-23-13-7-4-8-14-23/h4-18,21-22,26H,19-20H2,1-3H3,(H,30,31)/t26-/m1/s1. The number of hydrogen-bond acceptors (Lipinski definition) is 4. The summed E-state index contributed by atoms with van der Waals surface area (Å²) in [6.45, 7) is 8.23. The summed E-state index contributed by atoms with van der Waals surface area (Å²) < 4.78 is 9.51. The highest BCUT2D eigenvalue weighted by Crippen LogP contribution is 2.41. The lowest BCUT2D eigenvalue weighted by Crippen LogP contribution is -2.67. The Hall–Kier alpha value is -3.48. The molecule has 0 bridgehead atoms. The number of nitrogens with one attached hydrogen (secondary N) is 1. The average Bonchev–Trinajstić information content (AvgIpc) is 3.15. The highest BCUT2D eigenvalue weighted by Gasteiger charge is 2.52. The second kappa shape index (κ2) is 9.64. The molecule has 0 spiro atoms. The van der Waals surface area contributed by atoms with Crippen LogP contribution in [0.15, 0.2) is 102 Å². The van der Waals surface area contributed by atoms with E-state index in [1.54, 1.807) is 6.34 Å². The first-order chi connectivity index (χ1) is 17.0. The number of rotatable bonds is 6. The molecule has 5 nitrogen and oxygen atoms in total. The second-order valence-corrected chi connectivity index (χ2v) is 14.3. The quantitative estimate of drug-likeness (QED) is 0.403. The lowest BCUT2D eigenvalue weighted by molar-refractivity contribution is 0.191. The van der Waals surface area contributed by atoms with Gasteiger partial charge in [0.2, 0.25) is 0 Å². The third kappa shape index (κ3) is 4.47. The molecule has 2 heterocycles. The lowest BCUT2D eigenvalue weighted by atomic mass is 10.2. The van der Waals surface area contributed by atoms with Crippen molar-refractivity contribution in [1.82, 2.24) is 14.9 Å². The Bertz CT molecular complexity index is 1240. The maximum absolute atomic E-state index is 7.41. The zero-order valence-corrected chi connectivity index (χ0v) is 21.6.